The highest BCUT2D eigenvalue weighted by Crippen LogP contribution is 2.38. The SMILES string of the molecule is Cc1cc(N)nc([C@@]2(C)CCCN2Cc2ccc3[nH]ccc3c2)n1. The Bertz CT molecular complexity index is 864. The van der Waals surface area contributed by atoms with Gasteiger partial charge < -0.3 is 10.7 Å². The average Bonchev–Trinajstić information content (AvgIpc) is 3.14. The summed E-state index contributed by atoms with van der Waals surface area (Å²) in [7, 11) is 0. The van der Waals surface area contributed by atoms with Gasteiger partial charge in [0.2, 0.25) is 0 Å². The van der Waals surface area contributed by atoms with Gasteiger partial charge in [0.05, 0.1) is 5.54 Å². The van der Waals surface area contributed by atoms with E-state index in [1.807, 2.05) is 19.2 Å². The molecule has 0 amide bonds. The van der Waals surface area contributed by atoms with E-state index in [9.17, 15) is 0 Å². The maximum Gasteiger partial charge on any atom is 0.150 e. The summed E-state index contributed by atoms with van der Waals surface area (Å²) in [5.41, 5.74) is 9.23. The van der Waals surface area contributed by atoms with Crippen molar-refractivity contribution < 1.29 is 0 Å². The second-order valence-electron chi connectivity index (χ2n) is 6.96. The zero-order valence-electron chi connectivity index (χ0n) is 14.2. The minimum absolute atomic E-state index is 0.159. The number of fused-ring (bicyclic) bond motifs is 1. The summed E-state index contributed by atoms with van der Waals surface area (Å²) in [5, 5.41) is 1.25. The van der Waals surface area contributed by atoms with Crippen molar-refractivity contribution in [2.24, 2.45) is 0 Å². The van der Waals surface area contributed by atoms with E-state index in [0.29, 0.717) is 5.82 Å². The number of benzene rings is 1. The van der Waals surface area contributed by atoms with Gasteiger partial charge in [-0.3, -0.25) is 4.90 Å². The van der Waals surface area contributed by atoms with Crippen LogP contribution in [0.25, 0.3) is 10.9 Å². The van der Waals surface area contributed by atoms with E-state index in [0.717, 1.165) is 37.4 Å². The summed E-state index contributed by atoms with van der Waals surface area (Å²) in [6, 6.07) is 10.6. The van der Waals surface area contributed by atoms with Crippen LogP contribution < -0.4 is 5.73 Å². The third-order valence-electron chi connectivity index (χ3n) is 5.14. The Morgan fingerprint density at radius 1 is 1.25 bits per heavy atom. The number of hydrogen-bond donors (Lipinski definition) is 2. The molecule has 1 fully saturated rings. The fourth-order valence-corrected chi connectivity index (χ4v) is 3.78. The van der Waals surface area contributed by atoms with Crippen LogP contribution in [0, 0.1) is 6.92 Å². The Kier molecular flexibility index (Phi) is 3.53. The number of hydrogen-bond acceptors (Lipinski definition) is 4. The van der Waals surface area contributed by atoms with E-state index >= 15 is 0 Å². The van der Waals surface area contributed by atoms with Gasteiger partial charge in [-0.1, -0.05) is 6.07 Å². The van der Waals surface area contributed by atoms with Gasteiger partial charge in [-0.05, 0) is 62.4 Å². The highest BCUT2D eigenvalue weighted by Gasteiger charge is 2.40. The molecule has 3 aromatic rings. The first-order valence-corrected chi connectivity index (χ1v) is 8.47. The van der Waals surface area contributed by atoms with Crippen molar-refractivity contribution in [1.82, 2.24) is 19.9 Å². The predicted molar refractivity (Wildman–Crippen MR) is 96.5 cm³/mol. The van der Waals surface area contributed by atoms with Gasteiger partial charge in [0, 0.05) is 30.0 Å². The lowest BCUT2D eigenvalue weighted by molar-refractivity contribution is 0.138. The van der Waals surface area contributed by atoms with Gasteiger partial charge in [-0.2, -0.15) is 0 Å². The van der Waals surface area contributed by atoms with E-state index in [1.165, 1.54) is 16.5 Å². The summed E-state index contributed by atoms with van der Waals surface area (Å²) in [6.07, 6.45) is 4.19. The number of nitrogens with two attached hydrogens (primary N) is 1. The number of H-pyrrole nitrogens is 1. The third kappa shape index (κ3) is 2.55. The Morgan fingerprint density at radius 2 is 2.12 bits per heavy atom. The molecule has 0 unspecified atom stereocenters. The zero-order valence-corrected chi connectivity index (χ0v) is 14.2. The second-order valence-corrected chi connectivity index (χ2v) is 6.96. The molecule has 4 rings (SSSR count). The van der Waals surface area contributed by atoms with E-state index in [4.69, 9.17) is 5.73 Å². The van der Waals surface area contributed by atoms with E-state index in [1.54, 1.807) is 0 Å². The van der Waals surface area contributed by atoms with Crippen molar-refractivity contribution in [2.75, 3.05) is 12.3 Å². The Hall–Kier alpha value is -2.40. The molecule has 124 valence electrons. The van der Waals surface area contributed by atoms with Crippen molar-refractivity contribution in [3.8, 4) is 0 Å². The highest BCUT2D eigenvalue weighted by atomic mass is 15.2. The maximum absolute atomic E-state index is 5.96. The smallest absolute Gasteiger partial charge is 0.150 e. The van der Waals surface area contributed by atoms with Crippen LogP contribution in [0.1, 0.15) is 36.8 Å². The number of aromatic nitrogens is 3. The van der Waals surface area contributed by atoms with E-state index in [-0.39, 0.29) is 5.54 Å². The first kappa shape index (κ1) is 15.1. The van der Waals surface area contributed by atoms with Crippen molar-refractivity contribution in [3.05, 3.63) is 53.6 Å². The summed E-state index contributed by atoms with van der Waals surface area (Å²) in [5.74, 6) is 1.40. The second kappa shape index (κ2) is 5.60. The number of rotatable bonds is 3. The molecule has 0 spiro atoms. The van der Waals surface area contributed by atoms with Gasteiger partial charge in [0.1, 0.15) is 5.82 Å². The van der Waals surface area contributed by atoms with Crippen LogP contribution in [-0.4, -0.2) is 26.4 Å². The molecule has 0 saturated carbocycles. The summed E-state index contributed by atoms with van der Waals surface area (Å²) in [6.45, 7) is 6.17. The summed E-state index contributed by atoms with van der Waals surface area (Å²) in [4.78, 5) is 15.0. The number of aromatic amines is 1. The highest BCUT2D eigenvalue weighted by molar-refractivity contribution is 5.79. The summed E-state index contributed by atoms with van der Waals surface area (Å²) < 4.78 is 0. The van der Waals surface area contributed by atoms with Crippen LogP contribution in [0.15, 0.2) is 36.5 Å². The fraction of sp³-hybridized carbons (Fsp3) is 0.368. The monoisotopic (exact) mass is 321 g/mol. The van der Waals surface area contributed by atoms with Crippen LogP contribution in [-0.2, 0) is 12.1 Å². The van der Waals surface area contributed by atoms with Crippen LogP contribution in [0.5, 0.6) is 0 Å². The van der Waals surface area contributed by atoms with Gasteiger partial charge in [0.25, 0.3) is 0 Å². The lowest BCUT2D eigenvalue weighted by Crippen LogP contribution is -2.39. The summed E-state index contributed by atoms with van der Waals surface area (Å²) >= 11 is 0. The maximum atomic E-state index is 5.96. The molecular weight excluding hydrogens is 298 g/mol. The molecule has 1 saturated heterocycles. The molecule has 24 heavy (non-hydrogen) atoms. The van der Waals surface area contributed by atoms with Crippen molar-refractivity contribution in [2.45, 2.75) is 38.8 Å². The number of nitrogens with zero attached hydrogens (tertiary/aromatic N) is 3. The third-order valence-corrected chi connectivity index (χ3v) is 5.14. The van der Waals surface area contributed by atoms with Crippen molar-refractivity contribution in [3.63, 3.8) is 0 Å². The number of anilines is 1. The molecule has 3 heterocycles. The molecule has 1 aliphatic rings. The molecule has 1 aromatic carbocycles. The lowest BCUT2D eigenvalue weighted by atomic mass is 9.96. The van der Waals surface area contributed by atoms with Crippen molar-refractivity contribution in [1.29, 1.82) is 0 Å². The quantitative estimate of drug-likeness (QED) is 0.776. The number of aryl methyl sites for hydroxylation is 1. The molecule has 5 heteroatoms. The van der Waals surface area contributed by atoms with Crippen molar-refractivity contribution >= 4 is 16.7 Å². The van der Waals surface area contributed by atoms with Gasteiger partial charge in [-0.25, -0.2) is 9.97 Å². The first-order valence-electron chi connectivity index (χ1n) is 8.47. The van der Waals surface area contributed by atoms with Crippen LogP contribution in [0.4, 0.5) is 5.82 Å². The average molecular weight is 321 g/mol. The molecule has 0 bridgehead atoms. The van der Waals surface area contributed by atoms with Crippen LogP contribution in [0.3, 0.4) is 0 Å². The van der Waals surface area contributed by atoms with Gasteiger partial charge in [-0.15, -0.1) is 0 Å². The minimum atomic E-state index is -0.159. The van der Waals surface area contributed by atoms with Gasteiger partial charge >= 0.3 is 0 Å². The molecule has 1 atom stereocenters. The van der Waals surface area contributed by atoms with Crippen LogP contribution >= 0.6 is 0 Å². The molecule has 2 aromatic heterocycles. The molecular formula is C19H23N5. The topological polar surface area (TPSA) is 70.8 Å². The van der Waals surface area contributed by atoms with Crippen LogP contribution in [0.2, 0.25) is 0 Å². The largest absolute Gasteiger partial charge is 0.384 e. The fourth-order valence-electron chi connectivity index (χ4n) is 3.78. The Morgan fingerprint density at radius 3 is 2.96 bits per heavy atom. The lowest BCUT2D eigenvalue weighted by Gasteiger charge is -2.34. The number of nitrogens with one attached hydrogen (secondary N) is 1. The molecule has 0 aliphatic carbocycles. The molecule has 3 N–H and O–H groups in total. The normalized spacial score (nSPS) is 21.6. The zero-order chi connectivity index (χ0) is 16.7. The minimum Gasteiger partial charge on any atom is -0.384 e. The number of nitrogen functional groups attached to an aromatic ring is 1. The standard InChI is InChI=1S/C19H23N5/c1-13-10-17(20)23-18(22-13)19(2)7-3-9-24(19)12-14-4-5-16-15(11-14)6-8-21-16/h4-6,8,10-11,21H,3,7,9,12H2,1-2H3,(H2,20,22,23)/t19-/m1/s1. The Labute approximate surface area is 141 Å². The van der Waals surface area contributed by atoms with E-state index in [2.05, 4.69) is 51.0 Å². The van der Waals surface area contributed by atoms with Gasteiger partial charge in [0.15, 0.2) is 5.82 Å². The molecule has 1 aliphatic heterocycles. The number of likely N-dealkylation sites (tertiary alicyclic amines) is 1. The molecule has 0 radical (unpaired) electrons. The molecule has 5 nitrogen and oxygen atoms in total. The Balaban J connectivity index is 1.66. The predicted octanol–water partition coefficient (Wildman–Crippen LogP) is 3.36. The first-order chi connectivity index (χ1) is 11.5. The van der Waals surface area contributed by atoms with E-state index < -0.39 is 0 Å².